The van der Waals surface area contributed by atoms with Gasteiger partial charge in [-0.05, 0) is 52.7 Å². The van der Waals surface area contributed by atoms with Crippen molar-refractivity contribution in [3.63, 3.8) is 0 Å². The Kier molecular flexibility index (Phi) is 6.49. The molecule has 1 saturated carbocycles. The van der Waals surface area contributed by atoms with Gasteiger partial charge in [-0.25, -0.2) is 0 Å². The lowest BCUT2D eigenvalue weighted by atomic mass is 9.90. The maximum absolute atomic E-state index is 11.1. The van der Waals surface area contributed by atoms with E-state index in [2.05, 4.69) is 10.6 Å². The Morgan fingerprint density at radius 2 is 1.15 bits per heavy atom. The largest absolute Gasteiger partial charge is 0.384 e. The van der Waals surface area contributed by atoms with Crippen LogP contribution >= 0.6 is 0 Å². The lowest BCUT2D eigenvalue weighted by Gasteiger charge is -2.34. The summed E-state index contributed by atoms with van der Waals surface area (Å²) in [7, 11) is 0. The highest BCUT2D eigenvalue weighted by Crippen LogP contribution is 2.20. The molecule has 112 valence electrons. The van der Waals surface area contributed by atoms with E-state index in [4.69, 9.17) is 0 Å². The van der Waals surface area contributed by atoms with E-state index in [-0.39, 0.29) is 11.6 Å². The first kappa shape index (κ1) is 16.5. The van der Waals surface area contributed by atoms with Crippen LogP contribution in [0.4, 0.5) is 0 Å². The maximum Gasteiger partial charge on any atom is 0.154 e. The van der Waals surface area contributed by atoms with Gasteiger partial charge >= 0.3 is 0 Å². The Bertz CT molecular complexity index is 384. The monoisotopic (exact) mass is 278 g/mol. The van der Waals surface area contributed by atoms with E-state index in [1.807, 2.05) is 13.8 Å². The number of hydrogen-bond acceptors (Lipinski definition) is 4. The standard InChI is InChI=1S/C16H26N2O2/c1-11(9-13(3)19)17-15-7-5-6-8-16(15)18-12(2)10-14(4)20/h9-10,15-18H,5-8H2,1-4H3/b11-9-,12-10-/t15-,16-/m1/s1. The molecule has 0 amide bonds. The summed E-state index contributed by atoms with van der Waals surface area (Å²) in [4.78, 5) is 22.2. The van der Waals surface area contributed by atoms with Crippen molar-refractivity contribution in [3.8, 4) is 0 Å². The smallest absolute Gasteiger partial charge is 0.154 e. The molecule has 0 aromatic rings. The summed E-state index contributed by atoms with van der Waals surface area (Å²) >= 11 is 0. The first-order chi connectivity index (χ1) is 9.38. The molecular formula is C16H26N2O2. The van der Waals surface area contributed by atoms with Crippen LogP contribution in [0.3, 0.4) is 0 Å². The van der Waals surface area contributed by atoms with Gasteiger partial charge in [0.05, 0.1) is 0 Å². The van der Waals surface area contributed by atoms with Gasteiger partial charge in [0.2, 0.25) is 0 Å². The van der Waals surface area contributed by atoms with Crippen LogP contribution in [0.5, 0.6) is 0 Å². The van der Waals surface area contributed by atoms with Gasteiger partial charge in [-0.1, -0.05) is 12.8 Å². The molecule has 20 heavy (non-hydrogen) atoms. The predicted molar refractivity (Wildman–Crippen MR) is 81.2 cm³/mol. The predicted octanol–water partition coefficient (Wildman–Crippen LogP) is 2.46. The summed E-state index contributed by atoms with van der Waals surface area (Å²) < 4.78 is 0. The second-order valence-electron chi connectivity index (χ2n) is 5.66. The highest BCUT2D eigenvalue weighted by Gasteiger charge is 2.24. The van der Waals surface area contributed by atoms with Crippen LogP contribution in [0.1, 0.15) is 53.4 Å². The second-order valence-corrected chi connectivity index (χ2v) is 5.66. The number of nitrogens with one attached hydrogen (secondary N) is 2. The van der Waals surface area contributed by atoms with Crippen LogP contribution in [-0.2, 0) is 9.59 Å². The molecule has 1 fully saturated rings. The minimum atomic E-state index is 0.0583. The van der Waals surface area contributed by atoms with Gasteiger partial charge in [0.15, 0.2) is 11.6 Å². The zero-order chi connectivity index (χ0) is 15.1. The summed E-state index contributed by atoms with van der Waals surface area (Å²) in [5.41, 5.74) is 1.81. The first-order valence-corrected chi connectivity index (χ1v) is 7.29. The molecule has 0 unspecified atom stereocenters. The molecule has 0 spiro atoms. The molecule has 0 aromatic heterocycles. The lowest BCUT2D eigenvalue weighted by Crippen LogP contribution is -2.48. The molecule has 1 aliphatic rings. The molecule has 0 aliphatic heterocycles. The highest BCUT2D eigenvalue weighted by atomic mass is 16.1. The maximum atomic E-state index is 11.1. The van der Waals surface area contributed by atoms with Gasteiger partial charge in [0.25, 0.3) is 0 Å². The molecule has 0 aromatic carbocycles. The van der Waals surface area contributed by atoms with Gasteiger partial charge < -0.3 is 10.6 Å². The normalized spacial score (nSPS) is 24.2. The van der Waals surface area contributed by atoms with E-state index < -0.39 is 0 Å². The topological polar surface area (TPSA) is 58.2 Å². The second kappa shape index (κ2) is 7.88. The number of allylic oxidation sites excluding steroid dienone is 4. The molecule has 1 aliphatic carbocycles. The molecule has 2 atom stereocenters. The van der Waals surface area contributed by atoms with Crippen LogP contribution in [0.25, 0.3) is 0 Å². The van der Waals surface area contributed by atoms with Crippen molar-refractivity contribution in [1.82, 2.24) is 10.6 Å². The molecular weight excluding hydrogens is 252 g/mol. The molecule has 0 bridgehead atoms. The quantitative estimate of drug-likeness (QED) is 0.733. The fourth-order valence-electron chi connectivity index (χ4n) is 2.75. The van der Waals surface area contributed by atoms with Crippen LogP contribution in [-0.4, -0.2) is 23.7 Å². The Balaban J connectivity index is 2.67. The van der Waals surface area contributed by atoms with Gasteiger partial charge in [-0.3, -0.25) is 9.59 Å². The zero-order valence-electron chi connectivity index (χ0n) is 13.0. The average molecular weight is 278 g/mol. The van der Waals surface area contributed by atoms with Crippen molar-refractivity contribution >= 4 is 11.6 Å². The molecule has 2 N–H and O–H groups in total. The minimum Gasteiger partial charge on any atom is -0.384 e. The fraction of sp³-hybridized carbons (Fsp3) is 0.625. The lowest BCUT2D eigenvalue weighted by molar-refractivity contribution is -0.113. The summed E-state index contributed by atoms with van der Waals surface area (Å²) in [5.74, 6) is 0.117. The zero-order valence-corrected chi connectivity index (χ0v) is 13.0. The SMILES string of the molecule is CC(=O)/C=C(/C)N[C@@H]1CCCC[C@H]1N/C(C)=C\C(C)=O. The summed E-state index contributed by atoms with van der Waals surface area (Å²) in [5, 5.41) is 6.85. The molecule has 0 saturated heterocycles. The molecule has 0 heterocycles. The highest BCUT2D eigenvalue weighted by molar-refractivity contribution is 5.88. The number of carbonyl (C=O) groups excluding carboxylic acids is 2. The third-order valence-corrected chi connectivity index (χ3v) is 3.43. The Hall–Kier alpha value is -1.58. The van der Waals surface area contributed by atoms with Crippen molar-refractivity contribution in [2.45, 2.75) is 65.5 Å². The van der Waals surface area contributed by atoms with Crippen LogP contribution in [0.2, 0.25) is 0 Å². The molecule has 4 heteroatoms. The van der Waals surface area contributed by atoms with Crippen molar-refractivity contribution in [2.24, 2.45) is 0 Å². The average Bonchev–Trinajstić information content (AvgIpc) is 2.29. The Morgan fingerprint density at radius 1 is 0.800 bits per heavy atom. The Labute approximate surface area is 121 Å². The van der Waals surface area contributed by atoms with Crippen molar-refractivity contribution in [1.29, 1.82) is 0 Å². The number of hydrogen-bond donors (Lipinski definition) is 2. The first-order valence-electron chi connectivity index (χ1n) is 7.29. The fourth-order valence-corrected chi connectivity index (χ4v) is 2.75. The van der Waals surface area contributed by atoms with Gasteiger partial charge in [-0.15, -0.1) is 0 Å². The van der Waals surface area contributed by atoms with Crippen molar-refractivity contribution in [2.75, 3.05) is 0 Å². The third kappa shape index (κ3) is 6.04. The van der Waals surface area contributed by atoms with Gasteiger partial charge in [-0.2, -0.15) is 0 Å². The molecule has 4 nitrogen and oxygen atoms in total. The van der Waals surface area contributed by atoms with Crippen LogP contribution < -0.4 is 10.6 Å². The summed E-state index contributed by atoms with van der Waals surface area (Å²) in [6, 6.07) is 0.601. The number of carbonyl (C=O) groups is 2. The molecule has 1 rings (SSSR count). The van der Waals surface area contributed by atoms with E-state index >= 15 is 0 Å². The van der Waals surface area contributed by atoms with Crippen LogP contribution in [0.15, 0.2) is 23.5 Å². The van der Waals surface area contributed by atoms with E-state index in [1.54, 1.807) is 26.0 Å². The van der Waals surface area contributed by atoms with Crippen molar-refractivity contribution < 1.29 is 9.59 Å². The Morgan fingerprint density at radius 3 is 1.45 bits per heavy atom. The summed E-state index contributed by atoms with van der Waals surface area (Å²) in [6.07, 6.45) is 7.80. The van der Waals surface area contributed by atoms with E-state index in [9.17, 15) is 9.59 Å². The summed E-state index contributed by atoms with van der Waals surface area (Å²) in [6.45, 7) is 6.96. The van der Waals surface area contributed by atoms with Gasteiger partial charge in [0.1, 0.15) is 0 Å². The van der Waals surface area contributed by atoms with Crippen LogP contribution in [0, 0.1) is 0 Å². The minimum absolute atomic E-state index is 0.0583. The van der Waals surface area contributed by atoms with E-state index in [0.29, 0.717) is 12.1 Å². The van der Waals surface area contributed by atoms with E-state index in [0.717, 1.165) is 24.2 Å². The third-order valence-electron chi connectivity index (χ3n) is 3.43. The molecule has 0 radical (unpaired) electrons. The number of rotatable bonds is 6. The van der Waals surface area contributed by atoms with Crippen molar-refractivity contribution in [3.05, 3.63) is 23.5 Å². The van der Waals surface area contributed by atoms with Gasteiger partial charge in [0, 0.05) is 23.5 Å². The number of ketones is 2. The van der Waals surface area contributed by atoms with E-state index in [1.165, 1.54) is 12.8 Å².